The van der Waals surface area contributed by atoms with Gasteiger partial charge in [-0.25, -0.2) is 4.79 Å². The van der Waals surface area contributed by atoms with E-state index >= 15 is 0 Å². The van der Waals surface area contributed by atoms with Gasteiger partial charge in [-0.3, -0.25) is 74.4 Å². The Hall–Kier alpha value is -13.3. The number of methoxy groups -OCH3 is 1. The maximum Gasteiger partial charge on any atom is 0.328 e. The lowest BCUT2D eigenvalue weighted by Crippen LogP contribution is -2.60. The Morgan fingerprint density at radius 3 is 0.756 bits per heavy atom. The minimum absolute atomic E-state index is 0.00724. The molecule has 0 aliphatic rings. The zero-order valence-electron chi connectivity index (χ0n) is 70.0. The number of carbonyl (C=O) groups excluding carboxylic acids is 12. The molecule has 0 saturated carbocycles. The van der Waals surface area contributed by atoms with Crippen molar-refractivity contribution in [1.82, 2.24) is 74.4 Å². The number of rotatable bonds is 55. The topological polar surface area (TPSA) is 741 Å². The second-order valence-electron chi connectivity index (χ2n) is 30.7. The van der Waals surface area contributed by atoms with Crippen LogP contribution in [0, 0.1) is 33.5 Å². The zero-order valence-corrected chi connectivity index (χ0v) is 70.0. The number of hydrogen-bond donors (Lipinski definition) is 29. The van der Waals surface area contributed by atoms with Gasteiger partial charge >= 0.3 is 5.97 Å². The van der Waals surface area contributed by atoms with E-state index in [4.69, 9.17) is 66.5 Å². The molecule has 0 bridgehead atoms. The fourth-order valence-electron chi connectivity index (χ4n) is 12.8. The van der Waals surface area contributed by atoms with Crippen molar-refractivity contribution < 1.29 is 82.7 Å². The largest absolute Gasteiger partial charge is 0.508 e. The highest BCUT2D eigenvalue weighted by atomic mass is 16.5. The molecule has 0 unspecified atom stereocenters. The second-order valence-corrected chi connectivity index (χ2v) is 30.7. The summed E-state index contributed by atoms with van der Waals surface area (Å²) in [5.74, 6) is -12.6. The minimum Gasteiger partial charge on any atom is -0.508 e. The summed E-state index contributed by atoms with van der Waals surface area (Å²) in [6, 6.07) is 6.66. The molecule has 0 spiro atoms. The summed E-state index contributed by atoms with van der Waals surface area (Å²) in [4.78, 5) is 170. The van der Waals surface area contributed by atoms with Gasteiger partial charge in [0.25, 0.3) is 0 Å². The van der Waals surface area contributed by atoms with Gasteiger partial charge in [0.2, 0.25) is 65.0 Å². The molecule has 0 aliphatic heterocycles. The number of esters is 1. The first-order chi connectivity index (χ1) is 58.2. The van der Waals surface area contributed by atoms with Crippen molar-refractivity contribution in [2.45, 2.75) is 216 Å². The van der Waals surface area contributed by atoms with E-state index in [-0.39, 0.29) is 200 Å². The average Bonchev–Trinajstić information content (AvgIpc) is 0.854. The number of amides is 11. The summed E-state index contributed by atoms with van der Waals surface area (Å²) >= 11 is 0. The van der Waals surface area contributed by atoms with E-state index in [0.717, 1.165) is 7.11 Å². The van der Waals surface area contributed by atoms with Crippen LogP contribution in [-0.2, 0) is 88.0 Å². The van der Waals surface area contributed by atoms with Gasteiger partial charge in [0.15, 0.2) is 23.8 Å². The molecule has 4 rings (SSSR count). The van der Waals surface area contributed by atoms with Crippen molar-refractivity contribution >= 4 is 94.8 Å². The van der Waals surface area contributed by atoms with Gasteiger partial charge in [0.05, 0.1) is 19.2 Å². The van der Waals surface area contributed by atoms with Gasteiger partial charge in [-0.05, 0) is 160 Å². The Bertz CT molecular complexity index is 4160. The molecule has 0 fully saturated rings. The number of phenolic OH excluding ortho intramolecular Hbond substituents is 4. The van der Waals surface area contributed by atoms with Crippen LogP contribution in [0.3, 0.4) is 0 Å². The first kappa shape index (κ1) is 102. The molecule has 12 atom stereocenters. The van der Waals surface area contributed by atoms with Crippen LogP contribution in [0.4, 0.5) is 0 Å². The summed E-state index contributed by atoms with van der Waals surface area (Å²) in [5, 5.41) is 108. The highest BCUT2D eigenvalue weighted by Gasteiger charge is 2.37. The Kier molecular flexibility index (Phi) is 44.3. The van der Waals surface area contributed by atoms with Gasteiger partial charge in [-0.2, -0.15) is 0 Å². The number of aromatic hydroxyl groups is 4. The lowest BCUT2D eigenvalue weighted by molar-refractivity contribution is -0.145. The van der Waals surface area contributed by atoms with Gasteiger partial charge < -0.3 is 140 Å². The monoisotopic (exact) mass is 1720 g/mol. The number of guanidine groups is 4. The highest BCUT2D eigenvalue weighted by molar-refractivity contribution is 5.99. The SMILES string of the molecule is COC(=O)[C@H](Cc1ccc(O)cc1)NC(=O)[C@H](CCCNC(=N)N)NC(=O)[C@H](CC(C)C)NC(=O)[C@H](CCCNC(=N)N)NC(=O)[C@H](Cc1ccc(O)cc1)NC(=O)[C@@H](N)CCCC[C@H](N)C(=O)N[C@@H](Cc1ccc(O)cc1)C(=O)N[C@@H](CCCNC(=N)N)C(=O)N[C@@H](CC(C)C)C(=O)N[C@@H](CCCNC(=N)N)C(=O)N[C@@H](Cc1ccc(O)cc1)C(N)=O. The molecule has 0 saturated heterocycles. The Labute approximate surface area is 713 Å². The number of nitrogens with two attached hydrogens (primary N) is 7. The van der Waals surface area contributed by atoms with E-state index in [1.807, 2.05) is 0 Å². The summed E-state index contributed by atoms with van der Waals surface area (Å²) in [7, 11) is 1.13. The van der Waals surface area contributed by atoms with Crippen molar-refractivity contribution in [3.8, 4) is 23.0 Å². The molecular formula is C81H125N25O17. The van der Waals surface area contributed by atoms with E-state index in [1.165, 1.54) is 84.9 Å². The van der Waals surface area contributed by atoms with Crippen molar-refractivity contribution in [2.75, 3.05) is 33.3 Å². The molecule has 11 amide bonds. The summed E-state index contributed by atoms with van der Waals surface area (Å²) in [6.45, 7) is 7.36. The van der Waals surface area contributed by atoms with E-state index in [9.17, 15) is 78.0 Å². The number of carbonyl (C=O) groups is 12. The Balaban J connectivity index is 1.55. The first-order valence-electron chi connectivity index (χ1n) is 40.6. The number of benzene rings is 4. The highest BCUT2D eigenvalue weighted by Crippen LogP contribution is 2.20. The molecule has 123 heavy (non-hydrogen) atoms. The summed E-state index contributed by atoms with van der Waals surface area (Å²) in [6.07, 6.45) is -0.252. The van der Waals surface area contributed by atoms with E-state index < -0.39 is 143 Å². The van der Waals surface area contributed by atoms with Crippen LogP contribution in [0.1, 0.15) is 140 Å². The predicted molar refractivity (Wildman–Crippen MR) is 458 cm³/mol. The number of primary amides is 1. The average molecular weight is 1720 g/mol. The van der Waals surface area contributed by atoms with Gasteiger partial charge in [0, 0.05) is 51.9 Å². The standard InChI is InChI=1S/C81H125N25O17/c1-44(2)38-61(73(118)97-56(14-8-34-93-78(85)86)69(114)101-60(66(84)111)40-46-18-26-50(107)27-19-46)104-70(115)57(15-9-35-94-79(87)88)99-75(120)63(41-47-20-28-51(108)29-21-47)102-67(112)54(82)12-6-7-13-55(83)68(113)103-64(42-48-22-30-52(109)31-23-48)76(121)100-58(16-10-36-95-80(89)90)71(116)105-62(39-45(3)4)74(119)98-59(17-11-37-96-81(91)92)72(117)106-65(77(122)123-5)43-49-24-32-53(110)33-25-49/h18-33,44-45,54-65,107-110H,6-17,34-43,82-83H2,1-5H3,(H2,84,111)(H,97,118)(H,98,119)(H,99,120)(H,100,121)(H,101,114)(H,102,112)(H,103,113)(H,104,115)(H,105,116)(H,106,117)(H4,85,86,93)(H4,87,88,94)(H4,89,90,95)(H4,91,92,96)/t54-,55-,56-,57-,58-,59-,60-,61-,62-,63-,64-,65-/m0/s1. The molecule has 0 heterocycles. The summed E-state index contributed by atoms with van der Waals surface area (Å²) < 4.78 is 4.98. The predicted octanol–water partition coefficient (Wildman–Crippen LogP) is -3.35. The molecule has 42 nitrogen and oxygen atoms in total. The zero-order chi connectivity index (χ0) is 91.4. The molecule has 4 aromatic carbocycles. The quantitative estimate of drug-likeness (QED) is 0.00889. The van der Waals surface area contributed by atoms with Crippen LogP contribution in [0.5, 0.6) is 23.0 Å². The molecular weight excluding hydrogens is 1600 g/mol. The number of nitrogens with one attached hydrogen (secondary N) is 18. The summed E-state index contributed by atoms with van der Waals surface area (Å²) in [5.41, 5.74) is 42.8. The van der Waals surface area contributed by atoms with Gasteiger partial charge in [-0.15, -0.1) is 0 Å². The number of phenols is 4. The molecule has 676 valence electrons. The smallest absolute Gasteiger partial charge is 0.328 e. The third-order valence-electron chi connectivity index (χ3n) is 19.3. The maximum atomic E-state index is 14.7. The number of unbranched alkanes of at least 4 members (excludes halogenated alkanes) is 1. The molecule has 4 aromatic rings. The van der Waals surface area contributed by atoms with Crippen LogP contribution >= 0.6 is 0 Å². The first-order valence-corrected chi connectivity index (χ1v) is 40.6. The molecule has 42 heteroatoms. The lowest BCUT2D eigenvalue weighted by atomic mass is 10.00. The van der Waals surface area contributed by atoms with E-state index in [0.29, 0.717) is 22.3 Å². The minimum atomic E-state index is -1.46. The van der Waals surface area contributed by atoms with Crippen molar-refractivity contribution in [2.24, 2.45) is 52.0 Å². The van der Waals surface area contributed by atoms with Crippen molar-refractivity contribution in [3.05, 3.63) is 119 Å². The third kappa shape index (κ3) is 40.1. The lowest BCUT2D eigenvalue weighted by Gasteiger charge is -2.28. The van der Waals surface area contributed by atoms with E-state index in [2.05, 4.69) is 74.4 Å². The van der Waals surface area contributed by atoms with Gasteiger partial charge in [-0.1, -0.05) is 89.1 Å². The molecule has 0 radical (unpaired) electrons. The fourth-order valence-corrected chi connectivity index (χ4v) is 12.8. The maximum absolute atomic E-state index is 14.7. The normalized spacial score (nSPS) is 14.0. The van der Waals surface area contributed by atoms with Crippen molar-refractivity contribution in [1.29, 1.82) is 21.6 Å². The third-order valence-corrected chi connectivity index (χ3v) is 19.3. The number of ether oxygens (including phenoxy) is 1. The van der Waals surface area contributed by atoms with Crippen LogP contribution in [0.15, 0.2) is 97.1 Å². The second kappa shape index (κ2) is 53.4. The van der Waals surface area contributed by atoms with Crippen LogP contribution < -0.4 is 115 Å². The van der Waals surface area contributed by atoms with Crippen molar-refractivity contribution in [3.63, 3.8) is 0 Å². The van der Waals surface area contributed by atoms with Crippen LogP contribution in [0.2, 0.25) is 0 Å². The molecule has 36 N–H and O–H groups in total. The van der Waals surface area contributed by atoms with Crippen LogP contribution in [0.25, 0.3) is 0 Å². The van der Waals surface area contributed by atoms with Gasteiger partial charge in [0.1, 0.15) is 83.4 Å². The van der Waals surface area contributed by atoms with Crippen LogP contribution in [-0.4, -0.2) is 221 Å². The number of hydrogen-bond acceptors (Lipinski definition) is 23. The molecule has 0 aliphatic carbocycles. The Morgan fingerprint density at radius 1 is 0.301 bits per heavy atom. The Morgan fingerprint density at radius 2 is 0.512 bits per heavy atom. The fraction of sp³-hybridized carbons (Fsp3) is 0.506. The van der Waals surface area contributed by atoms with E-state index in [1.54, 1.807) is 39.8 Å². The molecule has 0 aromatic heterocycles.